The summed E-state index contributed by atoms with van der Waals surface area (Å²) >= 11 is 2.02. The molecule has 0 aromatic heterocycles. The molecule has 14 heavy (non-hydrogen) atoms. The summed E-state index contributed by atoms with van der Waals surface area (Å²) in [4.78, 5) is 0. The minimum absolute atomic E-state index is 0.177. The molecule has 1 aromatic carbocycles. The Morgan fingerprint density at radius 2 is 2.07 bits per heavy atom. The molecule has 0 bridgehead atoms. The van der Waals surface area contributed by atoms with Gasteiger partial charge in [0.1, 0.15) is 0 Å². The summed E-state index contributed by atoms with van der Waals surface area (Å²) in [5.41, 5.74) is 7.58. The molecule has 2 atom stereocenters. The highest BCUT2D eigenvalue weighted by molar-refractivity contribution is 8.00. The summed E-state index contributed by atoms with van der Waals surface area (Å²) in [5, 5.41) is 0. The van der Waals surface area contributed by atoms with Gasteiger partial charge in [0.2, 0.25) is 0 Å². The van der Waals surface area contributed by atoms with Crippen molar-refractivity contribution in [3.05, 3.63) is 35.9 Å². The van der Waals surface area contributed by atoms with E-state index in [9.17, 15) is 0 Å². The van der Waals surface area contributed by atoms with Crippen LogP contribution in [0, 0.1) is 0 Å². The zero-order valence-electron chi connectivity index (χ0n) is 8.57. The fourth-order valence-corrected chi connectivity index (χ4v) is 3.42. The van der Waals surface area contributed by atoms with Crippen molar-refractivity contribution in [1.29, 1.82) is 0 Å². The van der Waals surface area contributed by atoms with E-state index >= 15 is 0 Å². The Kier molecular flexibility index (Phi) is 2.84. The van der Waals surface area contributed by atoms with Crippen molar-refractivity contribution in [1.82, 2.24) is 0 Å². The number of rotatable bonds is 2. The molecule has 2 rings (SSSR count). The van der Waals surface area contributed by atoms with Gasteiger partial charge >= 0.3 is 0 Å². The van der Waals surface area contributed by atoms with Crippen molar-refractivity contribution >= 4 is 11.8 Å². The van der Waals surface area contributed by atoms with Crippen molar-refractivity contribution < 1.29 is 0 Å². The van der Waals surface area contributed by atoms with Gasteiger partial charge in [-0.05, 0) is 31.1 Å². The summed E-state index contributed by atoms with van der Waals surface area (Å²) in [6, 6.07) is 10.6. The predicted octanol–water partition coefficient (Wildman–Crippen LogP) is 2.97. The average Bonchev–Trinajstić information content (AvgIpc) is 2.67. The van der Waals surface area contributed by atoms with Gasteiger partial charge in [0.25, 0.3) is 0 Å². The Morgan fingerprint density at radius 3 is 2.64 bits per heavy atom. The summed E-state index contributed by atoms with van der Waals surface area (Å²) in [7, 11) is 0. The van der Waals surface area contributed by atoms with E-state index in [-0.39, 0.29) is 10.8 Å². The van der Waals surface area contributed by atoms with Crippen molar-refractivity contribution in [2.24, 2.45) is 5.73 Å². The van der Waals surface area contributed by atoms with Gasteiger partial charge in [0, 0.05) is 10.8 Å². The predicted molar refractivity (Wildman–Crippen MR) is 63.5 cm³/mol. The van der Waals surface area contributed by atoms with Crippen LogP contribution in [0.25, 0.3) is 0 Å². The molecule has 1 aromatic rings. The van der Waals surface area contributed by atoms with E-state index in [1.807, 2.05) is 17.8 Å². The summed E-state index contributed by atoms with van der Waals surface area (Å²) in [5.74, 6) is 1.26. The Hall–Kier alpha value is -0.470. The van der Waals surface area contributed by atoms with Gasteiger partial charge in [0.15, 0.2) is 0 Å². The SMILES string of the molecule is CC1(C(N)c2ccccc2)CCCS1. The second-order valence-corrected chi connectivity index (χ2v) is 5.78. The second-order valence-electron chi connectivity index (χ2n) is 4.15. The van der Waals surface area contributed by atoms with Crippen LogP contribution >= 0.6 is 11.8 Å². The van der Waals surface area contributed by atoms with Gasteiger partial charge in [-0.25, -0.2) is 0 Å². The molecule has 1 heterocycles. The first-order valence-electron chi connectivity index (χ1n) is 5.17. The van der Waals surface area contributed by atoms with Crippen LogP contribution in [0.2, 0.25) is 0 Å². The smallest absolute Gasteiger partial charge is 0.0441 e. The van der Waals surface area contributed by atoms with E-state index in [4.69, 9.17) is 5.73 Å². The Balaban J connectivity index is 2.19. The highest BCUT2D eigenvalue weighted by atomic mass is 32.2. The van der Waals surface area contributed by atoms with Crippen molar-refractivity contribution in [3.63, 3.8) is 0 Å². The molecule has 1 fully saturated rings. The first-order chi connectivity index (χ1) is 6.72. The zero-order valence-corrected chi connectivity index (χ0v) is 9.39. The first-order valence-corrected chi connectivity index (χ1v) is 6.15. The fraction of sp³-hybridized carbons (Fsp3) is 0.500. The highest BCUT2D eigenvalue weighted by Gasteiger charge is 2.36. The van der Waals surface area contributed by atoms with E-state index in [0.29, 0.717) is 0 Å². The first kappa shape index (κ1) is 10.1. The fourth-order valence-electron chi connectivity index (χ4n) is 2.06. The van der Waals surface area contributed by atoms with Crippen molar-refractivity contribution in [3.8, 4) is 0 Å². The third-order valence-electron chi connectivity index (χ3n) is 3.07. The van der Waals surface area contributed by atoms with Crippen molar-refractivity contribution in [2.75, 3.05) is 5.75 Å². The van der Waals surface area contributed by atoms with E-state index in [1.165, 1.54) is 24.2 Å². The van der Waals surface area contributed by atoms with Crippen LogP contribution < -0.4 is 5.73 Å². The van der Waals surface area contributed by atoms with Gasteiger partial charge in [-0.15, -0.1) is 0 Å². The zero-order chi connectivity index (χ0) is 10.0. The Morgan fingerprint density at radius 1 is 1.36 bits per heavy atom. The van der Waals surface area contributed by atoms with Gasteiger partial charge in [-0.2, -0.15) is 11.8 Å². The summed E-state index contributed by atoms with van der Waals surface area (Å²) in [6.07, 6.45) is 2.55. The maximum atomic E-state index is 6.31. The largest absolute Gasteiger partial charge is 0.323 e. The minimum Gasteiger partial charge on any atom is -0.323 e. The molecular weight excluding hydrogens is 190 g/mol. The van der Waals surface area contributed by atoms with Crippen LogP contribution in [-0.2, 0) is 0 Å². The third kappa shape index (κ3) is 1.82. The van der Waals surface area contributed by atoms with Crippen LogP contribution in [-0.4, -0.2) is 10.5 Å². The standard InChI is InChI=1S/C12H17NS/c1-12(8-5-9-14-12)11(13)10-6-3-2-4-7-10/h2-4,6-7,11H,5,8-9,13H2,1H3. The average molecular weight is 207 g/mol. The molecule has 1 aliphatic rings. The minimum atomic E-state index is 0.177. The van der Waals surface area contributed by atoms with Gasteiger partial charge < -0.3 is 5.73 Å². The monoisotopic (exact) mass is 207 g/mol. The maximum Gasteiger partial charge on any atom is 0.0441 e. The molecule has 0 spiro atoms. The van der Waals surface area contributed by atoms with E-state index in [2.05, 4.69) is 31.2 Å². The Labute approximate surface area is 90.1 Å². The second kappa shape index (κ2) is 3.95. The molecular formula is C12H17NS. The molecule has 2 unspecified atom stereocenters. The van der Waals surface area contributed by atoms with Gasteiger partial charge in [-0.3, -0.25) is 0 Å². The number of hydrogen-bond donors (Lipinski definition) is 1. The number of nitrogens with two attached hydrogens (primary N) is 1. The number of thioether (sulfide) groups is 1. The lowest BCUT2D eigenvalue weighted by molar-refractivity contribution is 0.502. The lowest BCUT2D eigenvalue weighted by atomic mass is 9.91. The quantitative estimate of drug-likeness (QED) is 0.807. The molecule has 0 saturated carbocycles. The van der Waals surface area contributed by atoms with Gasteiger partial charge in [0.05, 0.1) is 0 Å². The van der Waals surface area contributed by atoms with Crippen LogP contribution in [0.5, 0.6) is 0 Å². The molecule has 0 amide bonds. The lowest BCUT2D eigenvalue weighted by Gasteiger charge is -2.30. The molecule has 1 nitrogen and oxygen atoms in total. The Bertz CT molecular complexity index is 290. The highest BCUT2D eigenvalue weighted by Crippen LogP contribution is 2.45. The number of benzene rings is 1. The molecule has 76 valence electrons. The topological polar surface area (TPSA) is 26.0 Å². The summed E-state index contributed by atoms with van der Waals surface area (Å²) < 4.78 is 0.251. The van der Waals surface area contributed by atoms with Crippen LogP contribution in [0.15, 0.2) is 30.3 Å². The van der Waals surface area contributed by atoms with Gasteiger partial charge in [-0.1, -0.05) is 30.3 Å². The van der Waals surface area contributed by atoms with Crippen LogP contribution in [0.4, 0.5) is 0 Å². The number of hydrogen-bond acceptors (Lipinski definition) is 2. The van der Waals surface area contributed by atoms with Crippen LogP contribution in [0.3, 0.4) is 0 Å². The van der Waals surface area contributed by atoms with E-state index in [1.54, 1.807) is 0 Å². The van der Waals surface area contributed by atoms with Crippen molar-refractivity contribution in [2.45, 2.75) is 30.6 Å². The van der Waals surface area contributed by atoms with E-state index in [0.717, 1.165) is 0 Å². The molecule has 1 saturated heterocycles. The molecule has 0 radical (unpaired) electrons. The normalized spacial score (nSPS) is 29.0. The molecule has 2 N–H and O–H groups in total. The molecule has 1 aliphatic heterocycles. The third-order valence-corrected chi connectivity index (χ3v) is 4.68. The summed E-state index contributed by atoms with van der Waals surface area (Å²) in [6.45, 7) is 2.29. The maximum absolute atomic E-state index is 6.31. The molecule has 2 heteroatoms. The van der Waals surface area contributed by atoms with Crippen LogP contribution in [0.1, 0.15) is 31.4 Å². The van der Waals surface area contributed by atoms with E-state index < -0.39 is 0 Å². The molecule has 0 aliphatic carbocycles. The lowest BCUT2D eigenvalue weighted by Crippen LogP contribution is -2.32.